The lowest BCUT2D eigenvalue weighted by atomic mass is 10.1. The number of benzene rings is 1. The number of esters is 1. The SMILES string of the molecule is CCOC(=O)c1ccc(N(CC)CCC#N)cc1C. The van der Waals surface area contributed by atoms with Crippen LogP contribution in [0.15, 0.2) is 18.2 Å². The summed E-state index contributed by atoms with van der Waals surface area (Å²) >= 11 is 0. The van der Waals surface area contributed by atoms with Gasteiger partial charge in [-0.3, -0.25) is 0 Å². The highest BCUT2D eigenvalue weighted by atomic mass is 16.5. The van der Waals surface area contributed by atoms with Gasteiger partial charge in [0.25, 0.3) is 0 Å². The number of ether oxygens (including phenoxy) is 1. The minimum absolute atomic E-state index is 0.286. The molecule has 19 heavy (non-hydrogen) atoms. The third-order valence-corrected chi connectivity index (χ3v) is 2.95. The van der Waals surface area contributed by atoms with E-state index in [1.54, 1.807) is 13.0 Å². The van der Waals surface area contributed by atoms with Gasteiger partial charge in [-0.05, 0) is 44.5 Å². The van der Waals surface area contributed by atoms with Crippen molar-refractivity contribution in [3.8, 4) is 6.07 Å². The normalized spacial score (nSPS) is 9.79. The van der Waals surface area contributed by atoms with Gasteiger partial charge in [-0.25, -0.2) is 4.79 Å². The van der Waals surface area contributed by atoms with E-state index in [2.05, 4.69) is 11.0 Å². The number of hydrogen-bond donors (Lipinski definition) is 0. The van der Waals surface area contributed by atoms with Crippen LogP contribution in [0.25, 0.3) is 0 Å². The van der Waals surface area contributed by atoms with Crippen molar-refractivity contribution < 1.29 is 9.53 Å². The van der Waals surface area contributed by atoms with E-state index in [0.29, 0.717) is 25.1 Å². The second-order valence-electron chi connectivity index (χ2n) is 4.21. The number of anilines is 1. The second-order valence-corrected chi connectivity index (χ2v) is 4.21. The van der Waals surface area contributed by atoms with Crippen LogP contribution in [0.4, 0.5) is 5.69 Å². The van der Waals surface area contributed by atoms with Crippen LogP contribution in [-0.2, 0) is 4.74 Å². The van der Waals surface area contributed by atoms with Gasteiger partial charge in [0, 0.05) is 18.8 Å². The molecule has 0 aliphatic carbocycles. The highest BCUT2D eigenvalue weighted by Crippen LogP contribution is 2.20. The molecule has 0 aliphatic rings. The Bertz CT molecular complexity index is 478. The summed E-state index contributed by atoms with van der Waals surface area (Å²) in [4.78, 5) is 13.8. The van der Waals surface area contributed by atoms with Crippen LogP contribution in [0.5, 0.6) is 0 Å². The number of hydrogen-bond acceptors (Lipinski definition) is 4. The van der Waals surface area contributed by atoms with Crippen molar-refractivity contribution in [2.45, 2.75) is 27.2 Å². The number of carbonyl (C=O) groups is 1. The summed E-state index contributed by atoms with van der Waals surface area (Å²) in [6.45, 7) is 7.65. The minimum Gasteiger partial charge on any atom is -0.462 e. The summed E-state index contributed by atoms with van der Waals surface area (Å²) in [5.41, 5.74) is 2.52. The van der Waals surface area contributed by atoms with Crippen molar-refractivity contribution in [3.05, 3.63) is 29.3 Å². The van der Waals surface area contributed by atoms with Gasteiger partial charge in [0.1, 0.15) is 0 Å². The molecule has 0 atom stereocenters. The van der Waals surface area contributed by atoms with Gasteiger partial charge in [0.2, 0.25) is 0 Å². The van der Waals surface area contributed by atoms with Crippen LogP contribution in [0, 0.1) is 18.3 Å². The van der Waals surface area contributed by atoms with Crippen LogP contribution in [0.3, 0.4) is 0 Å². The van der Waals surface area contributed by atoms with Gasteiger partial charge in [0.15, 0.2) is 0 Å². The molecule has 0 saturated carbocycles. The molecular weight excluding hydrogens is 240 g/mol. The van der Waals surface area contributed by atoms with Crippen molar-refractivity contribution in [1.82, 2.24) is 0 Å². The molecule has 0 saturated heterocycles. The van der Waals surface area contributed by atoms with Crippen molar-refractivity contribution in [1.29, 1.82) is 5.26 Å². The Morgan fingerprint density at radius 1 is 1.42 bits per heavy atom. The summed E-state index contributed by atoms with van der Waals surface area (Å²) in [7, 11) is 0. The Morgan fingerprint density at radius 2 is 2.16 bits per heavy atom. The largest absolute Gasteiger partial charge is 0.462 e. The fourth-order valence-electron chi connectivity index (χ4n) is 1.94. The number of nitriles is 1. The maximum Gasteiger partial charge on any atom is 0.338 e. The average molecular weight is 260 g/mol. The van der Waals surface area contributed by atoms with Crippen LogP contribution >= 0.6 is 0 Å². The molecule has 0 fully saturated rings. The summed E-state index contributed by atoms with van der Waals surface area (Å²) in [6.07, 6.45) is 0.493. The molecule has 0 N–H and O–H groups in total. The molecule has 1 aromatic carbocycles. The van der Waals surface area contributed by atoms with E-state index < -0.39 is 0 Å². The highest BCUT2D eigenvalue weighted by Gasteiger charge is 2.12. The van der Waals surface area contributed by atoms with E-state index in [1.807, 2.05) is 26.0 Å². The van der Waals surface area contributed by atoms with E-state index in [1.165, 1.54) is 0 Å². The Balaban J connectivity index is 2.92. The maximum atomic E-state index is 11.7. The van der Waals surface area contributed by atoms with Gasteiger partial charge in [-0.15, -0.1) is 0 Å². The number of aryl methyl sites for hydroxylation is 1. The Kier molecular flexibility index (Phi) is 5.87. The molecular formula is C15H20N2O2. The van der Waals surface area contributed by atoms with Gasteiger partial charge in [-0.2, -0.15) is 5.26 Å². The quantitative estimate of drug-likeness (QED) is 0.738. The first-order chi connectivity index (χ1) is 9.13. The minimum atomic E-state index is -0.286. The van der Waals surface area contributed by atoms with E-state index in [9.17, 15) is 4.79 Å². The second kappa shape index (κ2) is 7.42. The summed E-state index contributed by atoms with van der Waals surface area (Å²) in [6, 6.07) is 7.81. The molecule has 0 radical (unpaired) electrons. The molecule has 0 spiro atoms. The predicted octanol–water partition coefficient (Wildman–Crippen LogP) is 2.91. The molecule has 4 heteroatoms. The van der Waals surface area contributed by atoms with Crippen molar-refractivity contribution >= 4 is 11.7 Å². The third kappa shape index (κ3) is 3.99. The Hall–Kier alpha value is -2.02. The lowest BCUT2D eigenvalue weighted by molar-refractivity contribution is 0.0525. The molecule has 4 nitrogen and oxygen atoms in total. The number of nitrogens with zero attached hydrogens (tertiary/aromatic N) is 2. The first-order valence-corrected chi connectivity index (χ1v) is 6.53. The molecule has 102 valence electrons. The molecule has 0 heterocycles. The third-order valence-electron chi connectivity index (χ3n) is 2.95. The fourth-order valence-corrected chi connectivity index (χ4v) is 1.94. The van der Waals surface area contributed by atoms with E-state index >= 15 is 0 Å². The monoisotopic (exact) mass is 260 g/mol. The predicted molar refractivity (Wildman–Crippen MR) is 75.3 cm³/mol. The number of rotatable bonds is 6. The fraction of sp³-hybridized carbons (Fsp3) is 0.467. The molecule has 0 bridgehead atoms. The topological polar surface area (TPSA) is 53.3 Å². The van der Waals surface area contributed by atoms with Crippen molar-refractivity contribution in [3.63, 3.8) is 0 Å². The molecule has 0 aromatic heterocycles. The molecule has 0 aliphatic heterocycles. The van der Waals surface area contributed by atoms with Gasteiger partial charge in [0.05, 0.1) is 24.7 Å². The highest BCUT2D eigenvalue weighted by molar-refractivity contribution is 5.91. The first kappa shape index (κ1) is 15.0. The number of carbonyl (C=O) groups excluding carboxylic acids is 1. The zero-order valence-electron chi connectivity index (χ0n) is 11.8. The first-order valence-electron chi connectivity index (χ1n) is 6.53. The molecule has 0 unspecified atom stereocenters. The van der Waals surface area contributed by atoms with Crippen LogP contribution < -0.4 is 4.90 Å². The maximum absolute atomic E-state index is 11.7. The molecule has 1 rings (SSSR count). The Labute approximate surface area is 114 Å². The van der Waals surface area contributed by atoms with Gasteiger partial charge in [-0.1, -0.05) is 0 Å². The zero-order chi connectivity index (χ0) is 14.3. The van der Waals surface area contributed by atoms with Crippen molar-refractivity contribution in [2.24, 2.45) is 0 Å². The van der Waals surface area contributed by atoms with E-state index in [4.69, 9.17) is 10.00 Å². The zero-order valence-corrected chi connectivity index (χ0v) is 11.8. The van der Waals surface area contributed by atoms with Crippen LogP contribution in [0.2, 0.25) is 0 Å². The lowest BCUT2D eigenvalue weighted by Crippen LogP contribution is -2.23. The van der Waals surface area contributed by atoms with E-state index in [0.717, 1.165) is 17.8 Å². The lowest BCUT2D eigenvalue weighted by Gasteiger charge is -2.22. The Morgan fingerprint density at radius 3 is 2.68 bits per heavy atom. The smallest absolute Gasteiger partial charge is 0.338 e. The van der Waals surface area contributed by atoms with E-state index in [-0.39, 0.29) is 5.97 Å². The van der Waals surface area contributed by atoms with Gasteiger partial charge < -0.3 is 9.64 Å². The molecule has 0 amide bonds. The van der Waals surface area contributed by atoms with Gasteiger partial charge >= 0.3 is 5.97 Å². The van der Waals surface area contributed by atoms with Crippen LogP contribution in [-0.4, -0.2) is 25.7 Å². The standard InChI is InChI=1S/C15H20N2O2/c1-4-17(10-6-9-16)13-7-8-14(12(3)11-13)15(18)19-5-2/h7-8,11H,4-6,10H2,1-3H3. The summed E-state index contributed by atoms with van der Waals surface area (Å²) in [5, 5.41) is 8.65. The van der Waals surface area contributed by atoms with Crippen LogP contribution in [0.1, 0.15) is 36.2 Å². The molecule has 1 aromatic rings. The van der Waals surface area contributed by atoms with Crippen molar-refractivity contribution in [2.75, 3.05) is 24.6 Å². The summed E-state index contributed by atoms with van der Waals surface area (Å²) < 4.78 is 5.00. The average Bonchev–Trinajstić information content (AvgIpc) is 2.40. The summed E-state index contributed by atoms with van der Waals surface area (Å²) in [5.74, 6) is -0.286.